The highest BCUT2D eigenvalue weighted by molar-refractivity contribution is 8.76. The summed E-state index contributed by atoms with van der Waals surface area (Å²) in [6.07, 6.45) is 5.56. The summed E-state index contributed by atoms with van der Waals surface area (Å²) < 4.78 is 12.2. The lowest BCUT2D eigenvalue weighted by atomic mass is 9.56. The van der Waals surface area contributed by atoms with E-state index in [1.807, 2.05) is 30.4 Å². The van der Waals surface area contributed by atoms with Crippen LogP contribution in [0.3, 0.4) is 0 Å². The highest BCUT2D eigenvalue weighted by Crippen LogP contribution is 2.58. The Morgan fingerprint density at radius 2 is 1.70 bits per heavy atom. The van der Waals surface area contributed by atoms with Gasteiger partial charge in [0.25, 0.3) is 0 Å². The zero-order valence-corrected chi connectivity index (χ0v) is 34.9. The predicted octanol–water partition coefficient (Wildman–Crippen LogP) is 4.27. The van der Waals surface area contributed by atoms with Gasteiger partial charge in [0.05, 0.1) is 42.0 Å². The Hall–Kier alpha value is -3.64. The molecular formula is C45H54N2O11S2. The lowest BCUT2D eigenvalue weighted by molar-refractivity contribution is -0.315. The van der Waals surface area contributed by atoms with Crippen molar-refractivity contribution in [3.63, 3.8) is 0 Å². The van der Waals surface area contributed by atoms with E-state index in [9.17, 15) is 35.7 Å². The van der Waals surface area contributed by atoms with Gasteiger partial charge in [0.1, 0.15) is 40.8 Å². The third-order valence-electron chi connectivity index (χ3n) is 13.2. The van der Waals surface area contributed by atoms with E-state index < -0.39 is 70.6 Å². The Kier molecular flexibility index (Phi) is 12.6. The van der Waals surface area contributed by atoms with E-state index in [0.717, 1.165) is 30.4 Å². The van der Waals surface area contributed by atoms with E-state index in [4.69, 9.17) is 9.47 Å². The number of hydrogen-bond donors (Lipinski definition) is 9. The van der Waals surface area contributed by atoms with Crippen LogP contribution < -0.4 is 15.4 Å². The molecule has 8 atom stereocenters. The quantitative estimate of drug-likeness (QED) is 0.178. The molecule has 6 bridgehead atoms. The fourth-order valence-corrected chi connectivity index (χ4v) is 12.7. The first-order chi connectivity index (χ1) is 28.9. The van der Waals surface area contributed by atoms with Crippen LogP contribution in [0.4, 0.5) is 0 Å². The summed E-state index contributed by atoms with van der Waals surface area (Å²) in [6.45, 7) is -0.393. The molecule has 6 aliphatic rings. The van der Waals surface area contributed by atoms with Crippen molar-refractivity contribution in [2.24, 2.45) is 11.3 Å². The number of Topliss-reactive ketones (excluding diaryl/α,β-unsaturated/α-hetero) is 2. The molecule has 2 aromatic carbocycles. The van der Waals surface area contributed by atoms with Gasteiger partial charge in [0, 0.05) is 17.4 Å². The van der Waals surface area contributed by atoms with Crippen molar-refractivity contribution in [2.75, 3.05) is 19.0 Å². The summed E-state index contributed by atoms with van der Waals surface area (Å²) in [5.74, 6) is -1.55. The number of nitrogens with one attached hydrogen (secondary N) is 2. The van der Waals surface area contributed by atoms with E-state index in [2.05, 4.69) is 10.6 Å². The molecule has 60 heavy (non-hydrogen) atoms. The minimum absolute atomic E-state index is 0.0427. The van der Waals surface area contributed by atoms with Gasteiger partial charge in [0.2, 0.25) is 6.29 Å². The molecule has 1 saturated heterocycles. The van der Waals surface area contributed by atoms with Gasteiger partial charge in [0.15, 0.2) is 11.6 Å². The first-order valence-corrected chi connectivity index (χ1v) is 23.2. The molecule has 3 heterocycles. The fraction of sp³-hybridized carbons (Fsp3) is 0.511. The smallest absolute Gasteiger partial charge is 0.229 e. The summed E-state index contributed by atoms with van der Waals surface area (Å²) >= 11 is 0. The Bertz CT molecular complexity index is 2100. The summed E-state index contributed by atoms with van der Waals surface area (Å²) in [5.41, 5.74) is -2.12. The van der Waals surface area contributed by atoms with Crippen LogP contribution in [0.1, 0.15) is 89.6 Å². The molecule has 0 radical (unpaired) electrons. The maximum absolute atomic E-state index is 15.8. The monoisotopic (exact) mass is 862 g/mol. The molecule has 2 aromatic rings. The number of carbonyl (C=O) groups excluding carboxylic acids is 2. The number of aliphatic hydroxyl groups is 7. The Labute approximate surface area is 357 Å². The van der Waals surface area contributed by atoms with E-state index in [1.165, 1.54) is 33.7 Å². The Morgan fingerprint density at radius 1 is 0.917 bits per heavy atom. The Morgan fingerprint density at radius 3 is 2.48 bits per heavy atom. The molecule has 15 heteroatoms. The zero-order valence-electron chi connectivity index (χ0n) is 33.3. The van der Waals surface area contributed by atoms with Gasteiger partial charge in [-0.15, -0.1) is 0 Å². The normalized spacial score (nSPS) is 32.9. The number of ketones is 2. The number of rotatable bonds is 7. The van der Waals surface area contributed by atoms with Crippen LogP contribution in [-0.2, 0) is 17.8 Å². The number of aliphatic hydroxyl groups excluding tert-OH is 5. The standard InChI is InChI=1S/C45H54N2O11S2/c48-23-28-7-4-6-27(18-28)19-29-20-31-38(51)30-8-5-9-32-37(30)40(53)45(31,34(50)21-29)35(11-15-43(55)13-2-1-3-14-43)60-59-25-47-36-22-26(12-17-46-36)10-16-44(56)39(52)33(24-49)58-42(57-32)41(44)54/h4-9,12,18,20-22,31,33,35,39,41-42,46-50,52,54-56H,1-3,10-11,13-17,19,23-25H2/t31-,33-,35+,39-,41+,42-,44+,45+/m1/s1. The highest BCUT2D eigenvalue weighted by atomic mass is 33.1. The molecule has 0 aromatic heterocycles. The molecule has 3 aliphatic carbocycles. The molecule has 13 nitrogen and oxygen atoms in total. The first kappa shape index (κ1) is 43.0. The SMILES string of the molecule is O=C1c2cccc3c2C(=O)[C@@]2(C(O)=CC(Cc4cccc(CO)c4)=C[C@H]12)[C@H](CCC1(O)CCCCC1)SSCNC1=CC(=CCN1)CC[C@]1(O)[C@H](O)[C@@H](CO)O[C@@H](O3)[C@@H]1O. The maximum atomic E-state index is 15.8. The maximum Gasteiger partial charge on any atom is 0.229 e. The highest BCUT2D eigenvalue weighted by Gasteiger charge is 2.63. The lowest BCUT2D eigenvalue weighted by Gasteiger charge is -2.49. The number of dihydropyridines is 1. The summed E-state index contributed by atoms with van der Waals surface area (Å²) in [4.78, 5) is 30.9. The second-order valence-electron chi connectivity index (χ2n) is 16.9. The molecule has 1 spiro atoms. The summed E-state index contributed by atoms with van der Waals surface area (Å²) in [5, 5.41) is 85.4. The molecule has 8 rings (SSSR count). The minimum Gasteiger partial charge on any atom is -0.511 e. The number of allylic oxidation sites excluding steroid dienone is 6. The van der Waals surface area contributed by atoms with Crippen LogP contribution in [0, 0.1) is 11.3 Å². The van der Waals surface area contributed by atoms with Crippen LogP contribution in [0.15, 0.2) is 89.5 Å². The number of fused-ring (bicyclic) bond motifs is 3. The van der Waals surface area contributed by atoms with Crippen LogP contribution in [0.5, 0.6) is 5.75 Å². The molecule has 0 unspecified atom stereocenters. The number of ether oxygens (including phenoxy) is 2. The molecule has 9 N–H and O–H groups in total. The van der Waals surface area contributed by atoms with Gasteiger partial charge in [-0.1, -0.05) is 89.4 Å². The van der Waals surface area contributed by atoms with Crippen molar-refractivity contribution in [1.29, 1.82) is 0 Å². The van der Waals surface area contributed by atoms with Gasteiger partial charge in [-0.25, -0.2) is 0 Å². The predicted molar refractivity (Wildman–Crippen MR) is 227 cm³/mol. The van der Waals surface area contributed by atoms with Crippen molar-refractivity contribution < 1.29 is 54.8 Å². The first-order valence-electron chi connectivity index (χ1n) is 20.8. The van der Waals surface area contributed by atoms with Crippen molar-refractivity contribution in [3.05, 3.63) is 112 Å². The topological polar surface area (TPSA) is 218 Å². The number of carbonyl (C=O) groups is 2. The molecule has 322 valence electrons. The van der Waals surface area contributed by atoms with Crippen molar-refractivity contribution in [1.82, 2.24) is 10.6 Å². The van der Waals surface area contributed by atoms with Crippen LogP contribution >= 0.6 is 21.6 Å². The van der Waals surface area contributed by atoms with E-state index in [0.29, 0.717) is 55.1 Å². The Balaban J connectivity index is 1.27. The second-order valence-corrected chi connectivity index (χ2v) is 19.5. The molecule has 3 aliphatic heterocycles. The third-order valence-corrected chi connectivity index (χ3v) is 15.9. The molecule has 0 amide bonds. The molecular weight excluding hydrogens is 809 g/mol. The van der Waals surface area contributed by atoms with E-state index >= 15 is 9.59 Å². The average Bonchev–Trinajstić information content (AvgIpc) is 3.25. The van der Waals surface area contributed by atoms with Gasteiger partial charge < -0.3 is 55.9 Å². The van der Waals surface area contributed by atoms with E-state index in [-0.39, 0.29) is 48.5 Å². The van der Waals surface area contributed by atoms with Crippen LogP contribution in [-0.4, -0.2) is 107 Å². The van der Waals surface area contributed by atoms with Gasteiger partial charge in [-0.05, 0) is 85.4 Å². The fourth-order valence-electron chi connectivity index (χ4n) is 9.89. The summed E-state index contributed by atoms with van der Waals surface area (Å²) in [7, 11) is 2.81. The largest absolute Gasteiger partial charge is 0.511 e. The second kappa shape index (κ2) is 17.6. The van der Waals surface area contributed by atoms with Crippen molar-refractivity contribution in [2.45, 2.75) is 112 Å². The number of hydrogen-bond acceptors (Lipinski definition) is 15. The zero-order chi connectivity index (χ0) is 42.2. The van der Waals surface area contributed by atoms with Gasteiger partial charge in [-0.2, -0.15) is 0 Å². The van der Waals surface area contributed by atoms with Crippen LogP contribution in [0.2, 0.25) is 0 Å². The molecule has 2 fully saturated rings. The third kappa shape index (κ3) is 7.97. The summed E-state index contributed by atoms with van der Waals surface area (Å²) in [6, 6.07) is 11.9. The lowest BCUT2D eigenvalue weighted by Crippen LogP contribution is -2.68. The minimum atomic E-state index is -2.21. The van der Waals surface area contributed by atoms with Crippen LogP contribution in [0.25, 0.3) is 0 Å². The van der Waals surface area contributed by atoms with Gasteiger partial charge >= 0.3 is 0 Å². The van der Waals surface area contributed by atoms with Crippen molar-refractivity contribution in [3.8, 4) is 5.75 Å². The average molecular weight is 863 g/mol. The van der Waals surface area contributed by atoms with Crippen molar-refractivity contribution >= 4 is 33.2 Å². The van der Waals surface area contributed by atoms with E-state index in [1.54, 1.807) is 24.3 Å². The molecule has 1 saturated carbocycles. The number of benzene rings is 2. The van der Waals surface area contributed by atoms with Gasteiger partial charge in [-0.3, -0.25) is 9.59 Å².